The predicted molar refractivity (Wildman–Crippen MR) is 109 cm³/mol. The van der Waals surface area contributed by atoms with Crippen molar-refractivity contribution in [1.29, 1.82) is 0 Å². The molecule has 2 N–H and O–H groups in total. The molecule has 0 atom stereocenters. The molecule has 0 spiro atoms. The SMILES string of the molecule is NC(=O)N1C(=O)/C(=C(/OC(=O)c2ccncc2)c2cccs2)c2cc(F)c(Cl)cc21. The Labute approximate surface area is 178 Å². The summed E-state index contributed by atoms with van der Waals surface area (Å²) in [7, 11) is 0. The van der Waals surface area contributed by atoms with Gasteiger partial charge in [-0.2, -0.15) is 0 Å². The second kappa shape index (κ2) is 7.69. The lowest BCUT2D eigenvalue weighted by Crippen LogP contribution is -2.38. The number of imide groups is 1. The van der Waals surface area contributed by atoms with E-state index in [2.05, 4.69) is 4.98 Å². The summed E-state index contributed by atoms with van der Waals surface area (Å²) in [5.74, 6) is -2.54. The highest BCUT2D eigenvalue weighted by atomic mass is 35.5. The summed E-state index contributed by atoms with van der Waals surface area (Å²) in [6.07, 6.45) is 2.83. The minimum absolute atomic E-state index is 0.00270. The number of halogens is 2. The number of fused-ring (bicyclic) bond motifs is 1. The number of aromatic nitrogens is 1. The van der Waals surface area contributed by atoms with Crippen molar-refractivity contribution in [2.24, 2.45) is 5.73 Å². The molecular formula is C20H11ClFN3O4S. The van der Waals surface area contributed by atoms with Crippen LogP contribution in [0.4, 0.5) is 14.9 Å². The van der Waals surface area contributed by atoms with Crippen molar-refractivity contribution >= 4 is 57.9 Å². The molecule has 1 aliphatic rings. The first-order valence-corrected chi connectivity index (χ1v) is 9.68. The number of thiophene rings is 1. The number of carbonyl (C=O) groups excluding carboxylic acids is 3. The number of ether oxygens (including phenoxy) is 1. The van der Waals surface area contributed by atoms with Gasteiger partial charge in [-0.1, -0.05) is 17.7 Å². The molecule has 1 aliphatic heterocycles. The number of pyridine rings is 1. The molecule has 4 rings (SSSR count). The maximum absolute atomic E-state index is 14.2. The zero-order valence-corrected chi connectivity index (χ0v) is 16.5. The highest BCUT2D eigenvalue weighted by Gasteiger charge is 2.40. The van der Waals surface area contributed by atoms with Crippen LogP contribution in [0.15, 0.2) is 54.2 Å². The van der Waals surface area contributed by atoms with Crippen LogP contribution in [0.2, 0.25) is 5.02 Å². The summed E-state index contributed by atoms with van der Waals surface area (Å²) in [6.45, 7) is 0. The average Bonchev–Trinajstić information content (AvgIpc) is 3.34. The summed E-state index contributed by atoms with van der Waals surface area (Å²) in [5.41, 5.74) is 5.41. The molecule has 3 heterocycles. The number of benzene rings is 1. The van der Waals surface area contributed by atoms with Crippen LogP contribution in [0.1, 0.15) is 20.8 Å². The van der Waals surface area contributed by atoms with Gasteiger partial charge in [0, 0.05) is 18.0 Å². The van der Waals surface area contributed by atoms with Gasteiger partial charge in [0.25, 0.3) is 5.91 Å². The van der Waals surface area contributed by atoms with Crippen molar-refractivity contribution < 1.29 is 23.5 Å². The van der Waals surface area contributed by atoms with Gasteiger partial charge in [-0.3, -0.25) is 9.78 Å². The summed E-state index contributed by atoms with van der Waals surface area (Å²) >= 11 is 7.03. The minimum atomic E-state index is -1.08. The summed E-state index contributed by atoms with van der Waals surface area (Å²) in [6, 6.07) is 7.25. The molecule has 0 radical (unpaired) electrons. The van der Waals surface area contributed by atoms with Crippen LogP contribution in [-0.2, 0) is 9.53 Å². The van der Waals surface area contributed by atoms with Gasteiger partial charge in [0.1, 0.15) is 5.82 Å². The number of hydrogen-bond donors (Lipinski definition) is 1. The molecule has 0 bridgehead atoms. The lowest BCUT2D eigenvalue weighted by molar-refractivity contribution is -0.112. The van der Waals surface area contributed by atoms with E-state index < -0.39 is 23.7 Å². The maximum Gasteiger partial charge on any atom is 0.343 e. The maximum atomic E-state index is 14.2. The van der Waals surface area contributed by atoms with Crippen molar-refractivity contribution in [2.45, 2.75) is 0 Å². The lowest BCUT2D eigenvalue weighted by Gasteiger charge is -2.12. The van der Waals surface area contributed by atoms with Crippen molar-refractivity contribution in [3.05, 3.63) is 81.0 Å². The first-order valence-electron chi connectivity index (χ1n) is 8.42. The molecule has 2 aromatic heterocycles. The van der Waals surface area contributed by atoms with Gasteiger partial charge in [0.15, 0.2) is 5.76 Å². The normalized spacial score (nSPS) is 14.5. The highest BCUT2D eigenvalue weighted by Crippen LogP contribution is 2.44. The van der Waals surface area contributed by atoms with Crippen LogP contribution in [0.3, 0.4) is 0 Å². The van der Waals surface area contributed by atoms with Gasteiger partial charge in [-0.15, -0.1) is 11.3 Å². The molecule has 30 heavy (non-hydrogen) atoms. The second-order valence-electron chi connectivity index (χ2n) is 6.07. The Hall–Kier alpha value is -3.56. The second-order valence-corrected chi connectivity index (χ2v) is 7.42. The number of urea groups is 1. The summed E-state index contributed by atoms with van der Waals surface area (Å²) < 4.78 is 19.8. The molecular weight excluding hydrogens is 433 g/mol. The van der Waals surface area contributed by atoms with Gasteiger partial charge in [-0.25, -0.2) is 18.9 Å². The predicted octanol–water partition coefficient (Wildman–Crippen LogP) is 4.09. The first-order chi connectivity index (χ1) is 14.4. The number of amides is 3. The third-order valence-corrected chi connectivity index (χ3v) is 5.43. The van der Waals surface area contributed by atoms with E-state index in [1.807, 2.05) is 0 Å². The van der Waals surface area contributed by atoms with E-state index in [1.165, 1.54) is 35.9 Å². The van der Waals surface area contributed by atoms with Gasteiger partial charge < -0.3 is 10.5 Å². The smallest absolute Gasteiger partial charge is 0.343 e. The number of hydrogen-bond acceptors (Lipinski definition) is 6. The number of rotatable bonds is 3. The quantitative estimate of drug-likeness (QED) is 0.373. The molecule has 1 aromatic carbocycles. The van der Waals surface area contributed by atoms with Gasteiger partial charge in [0.2, 0.25) is 0 Å². The van der Waals surface area contributed by atoms with Crippen molar-refractivity contribution in [1.82, 2.24) is 4.98 Å². The van der Waals surface area contributed by atoms with Crippen LogP contribution in [0.5, 0.6) is 0 Å². The fraction of sp³-hybridized carbons (Fsp3) is 0. The Morgan fingerprint density at radius 3 is 2.57 bits per heavy atom. The van der Waals surface area contributed by atoms with E-state index in [4.69, 9.17) is 22.1 Å². The molecule has 0 fully saturated rings. The number of nitrogens with zero attached hydrogens (tertiary/aromatic N) is 2. The van der Waals surface area contributed by atoms with E-state index >= 15 is 0 Å². The van der Waals surface area contributed by atoms with Gasteiger partial charge >= 0.3 is 12.0 Å². The fourth-order valence-corrected chi connectivity index (χ4v) is 3.84. The number of nitrogens with two attached hydrogens (primary N) is 1. The van der Waals surface area contributed by atoms with Crippen molar-refractivity contribution in [2.75, 3.05) is 4.90 Å². The Bertz CT molecular complexity index is 1210. The average molecular weight is 444 g/mol. The van der Waals surface area contributed by atoms with Crippen LogP contribution in [0.25, 0.3) is 11.3 Å². The van der Waals surface area contributed by atoms with E-state index in [1.54, 1.807) is 17.5 Å². The monoisotopic (exact) mass is 443 g/mol. The minimum Gasteiger partial charge on any atom is -0.421 e. The van der Waals surface area contributed by atoms with Crippen LogP contribution in [-0.4, -0.2) is 22.9 Å². The van der Waals surface area contributed by atoms with E-state index in [0.29, 0.717) is 9.78 Å². The zero-order chi connectivity index (χ0) is 21.4. The molecule has 0 unspecified atom stereocenters. The summed E-state index contributed by atoms with van der Waals surface area (Å²) in [4.78, 5) is 42.6. The van der Waals surface area contributed by atoms with Crippen molar-refractivity contribution in [3.63, 3.8) is 0 Å². The summed E-state index contributed by atoms with van der Waals surface area (Å²) in [5, 5.41) is 1.42. The molecule has 3 amide bonds. The molecule has 150 valence electrons. The molecule has 7 nitrogen and oxygen atoms in total. The topological polar surface area (TPSA) is 103 Å². The third-order valence-electron chi connectivity index (χ3n) is 4.27. The third kappa shape index (κ3) is 3.34. The van der Waals surface area contributed by atoms with Gasteiger partial charge in [-0.05, 0) is 35.7 Å². The first kappa shape index (κ1) is 19.7. The van der Waals surface area contributed by atoms with E-state index in [9.17, 15) is 18.8 Å². The molecule has 3 aromatic rings. The number of anilines is 1. The molecule has 0 saturated heterocycles. The van der Waals surface area contributed by atoms with Crippen molar-refractivity contribution in [3.8, 4) is 0 Å². The lowest BCUT2D eigenvalue weighted by atomic mass is 10.0. The Morgan fingerprint density at radius 1 is 1.20 bits per heavy atom. The Balaban J connectivity index is 1.94. The Morgan fingerprint density at radius 2 is 1.93 bits per heavy atom. The fourth-order valence-electron chi connectivity index (χ4n) is 2.97. The van der Waals surface area contributed by atoms with Crippen LogP contribution >= 0.6 is 22.9 Å². The number of carbonyl (C=O) groups is 3. The number of esters is 1. The highest BCUT2D eigenvalue weighted by molar-refractivity contribution is 7.11. The van der Waals surface area contributed by atoms with Gasteiger partial charge in [0.05, 0.1) is 26.7 Å². The van der Waals surface area contributed by atoms with E-state index in [0.717, 1.165) is 12.1 Å². The zero-order valence-electron chi connectivity index (χ0n) is 15.0. The standard InChI is InChI=1S/C20H11ClFN3O4S/c21-12-9-14-11(8-13(12)22)16(18(26)25(14)20(23)28)17(15-2-1-7-30-15)29-19(27)10-3-5-24-6-4-10/h1-9H,(H2,23,28)/b17-16+. The largest absolute Gasteiger partial charge is 0.421 e. The molecule has 10 heteroatoms. The number of primary amides is 1. The molecule has 0 saturated carbocycles. The van der Waals surface area contributed by atoms with E-state index in [-0.39, 0.29) is 33.2 Å². The van der Waals surface area contributed by atoms with Crippen LogP contribution in [0, 0.1) is 5.82 Å². The Kier molecular flexibility index (Phi) is 5.06. The van der Waals surface area contributed by atoms with Crippen LogP contribution < -0.4 is 10.6 Å². The molecule has 0 aliphatic carbocycles.